The summed E-state index contributed by atoms with van der Waals surface area (Å²) in [6.45, 7) is 4.87. The van der Waals surface area contributed by atoms with E-state index in [9.17, 15) is 9.90 Å². The number of carbonyl (C=O) groups is 1. The predicted molar refractivity (Wildman–Crippen MR) is 135 cm³/mol. The van der Waals surface area contributed by atoms with Gasteiger partial charge in [0.1, 0.15) is 11.5 Å². The van der Waals surface area contributed by atoms with E-state index in [1.807, 2.05) is 104 Å². The van der Waals surface area contributed by atoms with Gasteiger partial charge < -0.3 is 14.3 Å². The normalized spacial score (nSPS) is 12.0. The van der Waals surface area contributed by atoms with Crippen LogP contribution in [-0.4, -0.2) is 34.1 Å². The van der Waals surface area contributed by atoms with Crippen molar-refractivity contribution in [2.45, 2.75) is 32.9 Å². The highest BCUT2D eigenvalue weighted by Gasteiger charge is 2.19. The highest BCUT2D eigenvalue weighted by atomic mass is 16.5. The highest BCUT2D eigenvalue weighted by molar-refractivity contribution is 5.69. The summed E-state index contributed by atoms with van der Waals surface area (Å²) >= 11 is 0. The van der Waals surface area contributed by atoms with Gasteiger partial charge in [-0.05, 0) is 49.2 Å². The van der Waals surface area contributed by atoms with Crippen molar-refractivity contribution in [3.05, 3.63) is 108 Å². The van der Waals surface area contributed by atoms with Crippen LogP contribution in [0.3, 0.4) is 0 Å². The van der Waals surface area contributed by atoms with Crippen LogP contribution in [0.15, 0.2) is 89.3 Å². The van der Waals surface area contributed by atoms with Crippen LogP contribution in [0.1, 0.15) is 35.5 Å². The van der Waals surface area contributed by atoms with Gasteiger partial charge in [-0.25, -0.2) is 4.98 Å². The van der Waals surface area contributed by atoms with E-state index in [0.29, 0.717) is 25.5 Å². The smallest absolute Gasteiger partial charge is 0.317 e. The summed E-state index contributed by atoms with van der Waals surface area (Å²) in [5.74, 6) is 1.30. The number of hydrogen-bond acceptors (Lipinski definition) is 5. The molecule has 0 aliphatic rings. The first-order chi connectivity index (χ1) is 17.0. The van der Waals surface area contributed by atoms with E-state index in [0.717, 1.165) is 33.9 Å². The van der Waals surface area contributed by atoms with Crippen LogP contribution in [0.25, 0.3) is 11.5 Å². The first-order valence-corrected chi connectivity index (χ1v) is 11.7. The Morgan fingerprint density at radius 2 is 1.74 bits per heavy atom. The SMILES string of the molecule is Cc1oc(-c2ccccc2)nc1CCOc1cccc(CN(CC(=O)O)C(C)c2ccccc2)c1. The van der Waals surface area contributed by atoms with Gasteiger partial charge in [0, 0.05) is 24.6 Å². The van der Waals surface area contributed by atoms with E-state index in [2.05, 4.69) is 4.98 Å². The summed E-state index contributed by atoms with van der Waals surface area (Å²) in [6, 6.07) is 27.6. The number of carboxylic acids is 1. The number of benzene rings is 3. The molecule has 1 aromatic heterocycles. The second kappa shape index (κ2) is 11.5. The molecule has 35 heavy (non-hydrogen) atoms. The van der Waals surface area contributed by atoms with E-state index in [-0.39, 0.29) is 12.6 Å². The van der Waals surface area contributed by atoms with Gasteiger partial charge in [0.05, 0.1) is 18.8 Å². The number of aromatic nitrogens is 1. The number of nitrogens with zero attached hydrogens (tertiary/aromatic N) is 2. The molecule has 0 saturated heterocycles. The Morgan fingerprint density at radius 1 is 1.03 bits per heavy atom. The quantitative estimate of drug-likeness (QED) is 0.293. The lowest BCUT2D eigenvalue weighted by Gasteiger charge is -2.28. The number of aryl methyl sites for hydroxylation is 1. The molecule has 0 amide bonds. The zero-order chi connectivity index (χ0) is 24.6. The lowest BCUT2D eigenvalue weighted by Crippen LogP contribution is -2.32. The summed E-state index contributed by atoms with van der Waals surface area (Å²) in [6.07, 6.45) is 0.628. The van der Waals surface area contributed by atoms with Gasteiger partial charge in [-0.1, -0.05) is 60.7 Å². The van der Waals surface area contributed by atoms with Crippen molar-refractivity contribution >= 4 is 5.97 Å². The number of hydrogen-bond donors (Lipinski definition) is 1. The topological polar surface area (TPSA) is 75.8 Å². The van der Waals surface area contributed by atoms with Crippen molar-refractivity contribution < 1.29 is 19.1 Å². The van der Waals surface area contributed by atoms with Crippen LogP contribution in [0.2, 0.25) is 0 Å². The lowest BCUT2D eigenvalue weighted by atomic mass is 10.1. The third kappa shape index (κ3) is 6.58. The largest absolute Gasteiger partial charge is 0.493 e. The molecule has 1 unspecified atom stereocenters. The van der Waals surface area contributed by atoms with Crippen molar-refractivity contribution in [3.8, 4) is 17.2 Å². The van der Waals surface area contributed by atoms with Gasteiger partial charge >= 0.3 is 5.97 Å². The average molecular weight is 471 g/mol. The summed E-state index contributed by atoms with van der Waals surface area (Å²) in [4.78, 5) is 18.1. The van der Waals surface area contributed by atoms with Crippen molar-refractivity contribution in [2.75, 3.05) is 13.2 Å². The van der Waals surface area contributed by atoms with E-state index in [4.69, 9.17) is 9.15 Å². The lowest BCUT2D eigenvalue weighted by molar-refractivity contribution is -0.139. The molecule has 3 aromatic carbocycles. The Kier molecular flexibility index (Phi) is 7.95. The van der Waals surface area contributed by atoms with Gasteiger partial charge in [-0.15, -0.1) is 0 Å². The first-order valence-electron chi connectivity index (χ1n) is 11.7. The van der Waals surface area contributed by atoms with Crippen molar-refractivity contribution in [1.82, 2.24) is 9.88 Å². The molecular formula is C29H30N2O4. The first kappa shape index (κ1) is 24.2. The minimum atomic E-state index is -0.849. The molecule has 6 nitrogen and oxygen atoms in total. The second-order valence-corrected chi connectivity index (χ2v) is 8.52. The molecular weight excluding hydrogens is 440 g/mol. The molecule has 6 heteroatoms. The van der Waals surface area contributed by atoms with Crippen LogP contribution in [0, 0.1) is 6.92 Å². The summed E-state index contributed by atoms with van der Waals surface area (Å²) in [5, 5.41) is 9.45. The third-order valence-corrected chi connectivity index (χ3v) is 5.97. The van der Waals surface area contributed by atoms with Gasteiger partial charge in [-0.2, -0.15) is 0 Å². The fraction of sp³-hybridized carbons (Fsp3) is 0.241. The van der Waals surface area contributed by atoms with Crippen molar-refractivity contribution in [1.29, 1.82) is 0 Å². The number of carboxylic acid groups (broad SMARTS) is 1. The number of rotatable bonds is 11. The third-order valence-electron chi connectivity index (χ3n) is 5.97. The average Bonchev–Trinajstić information content (AvgIpc) is 3.24. The Morgan fingerprint density at radius 3 is 2.46 bits per heavy atom. The Labute approximate surface area is 205 Å². The maximum atomic E-state index is 11.5. The zero-order valence-corrected chi connectivity index (χ0v) is 20.1. The van der Waals surface area contributed by atoms with E-state index >= 15 is 0 Å². The summed E-state index contributed by atoms with van der Waals surface area (Å²) in [7, 11) is 0. The minimum absolute atomic E-state index is 0.0363. The van der Waals surface area contributed by atoms with Crippen LogP contribution in [-0.2, 0) is 17.8 Å². The standard InChI is InChI=1S/C29H30N2O4/c1-21(24-11-5-3-6-12-24)31(20-28(32)33)19-23-10-9-15-26(18-23)34-17-16-27-22(2)35-29(30-27)25-13-7-4-8-14-25/h3-15,18,21H,16-17,19-20H2,1-2H3,(H,32,33). The Hall–Kier alpha value is -3.90. The second-order valence-electron chi connectivity index (χ2n) is 8.52. The number of ether oxygens (including phenoxy) is 1. The number of aliphatic carboxylic acids is 1. The molecule has 0 spiro atoms. The fourth-order valence-electron chi connectivity index (χ4n) is 4.04. The molecule has 1 N–H and O–H groups in total. The van der Waals surface area contributed by atoms with Gasteiger partial charge in [0.25, 0.3) is 0 Å². The fourth-order valence-corrected chi connectivity index (χ4v) is 4.04. The minimum Gasteiger partial charge on any atom is -0.493 e. The van der Waals surface area contributed by atoms with E-state index < -0.39 is 5.97 Å². The molecule has 0 radical (unpaired) electrons. The van der Waals surface area contributed by atoms with Crippen LogP contribution >= 0.6 is 0 Å². The molecule has 180 valence electrons. The molecule has 0 bridgehead atoms. The van der Waals surface area contributed by atoms with Gasteiger partial charge in [0.15, 0.2) is 0 Å². The zero-order valence-electron chi connectivity index (χ0n) is 20.1. The molecule has 1 atom stereocenters. The van der Waals surface area contributed by atoms with Gasteiger partial charge in [-0.3, -0.25) is 9.69 Å². The monoisotopic (exact) mass is 470 g/mol. The van der Waals surface area contributed by atoms with Crippen LogP contribution in [0.5, 0.6) is 5.75 Å². The molecule has 1 heterocycles. The van der Waals surface area contributed by atoms with Crippen molar-refractivity contribution in [3.63, 3.8) is 0 Å². The van der Waals surface area contributed by atoms with Gasteiger partial charge in [0.2, 0.25) is 5.89 Å². The molecule has 4 aromatic rings. The van der Waals surface area contributed by atoms with Crippen LogP contribution < -0.4 is 4.74 Å². The Balaban J connectivity index is 1.39. The van der Waals surface area contributed by atoms with Crippen LogP contribution in [0.4, 0.5) is 0 Å². The molecule has 4 rings (SSSR count). The summed E-state index contributed by atoms with van der Waals surface area (Å²) in [5.41, 5.74) is 3.91. The molecule has 0 saturated carbocycles. The highest BCUT2D eigenvalue weighted by Crippen LogP contribution is 2.24. The summed E-state index contributed by atoms with van der Waals surface area (Å²) < 4.78 is 11.8. The van der Waals surface area contributed by atoms with E-state index in [1.165, 1.54) is 0 Å². The molecule has 0 aliphatic carbocycles. The predicted octanol–water partition coefficient (Wildman–Crippen LogP) is 5.92. The van der Waals surface area contributed by atoms with Crippen molar-refractivity contribution in [2.24, 2.45) is 0 Å². The maximum absolute atomic E-state index is 11.5. The molecule has 0 fully saturated rings. The van der Waals surface area contributed by atoms with E-state index in [1.54, 1.807) is 0 Å². The number of oxazole rings is 1. The molecule has 0 aliphatic heterocycles. The maximum Gasteiger partial charge on any atom is 0.317 e. The Bertz CT molecular complexity index is 1240.